The zero-order chi connectivity index (χ0) is 17.7. The van der Waals surface area contributed by atoms with Gasteiger partial charge < -0.3 is 4.74 Å². The number of aryl methyl sites for hydroxylation is 1. The molecule has 0 unspecified atom stereocenters. The maximum absolute atomic E-state index is 12.7. The smallest absolute Gasteiger partial charge is 0.338 e. The average Bonchev–Trinajstić information content (AvgIpc) is 2.56. The summed E-state index contributed by atoms with van der Waals surface area (Å²) in [4.78, 5) is 11.7. The quantitative estimate of drug-likeness (QED) is 0.476. The van der Waals surface area contributed by atoms with Crippen molar-refractivity contribution in [2.24, 2.45) is 0 Å². The molecule has 0 saturated heterocycles. The number of ether oxygens (including phenoxy) is 1. The third-order valence-electron chi connectivity index (χ3n) is 3.29. The van der Waals surface area contributed by atoms with Crippen molar-refractivity contribution in [3.8, 4) is 12.5 Å². The Labute approximate surface area is 141 Å². The SMILES string of the molecule is C#CN(c1ccc(C(=O)OCC)cc1)S(=O)(=O)c1ccc(C)cc1. The van der Waals surface area contributed by atoms with Crippen LogP contribution >= 0.6 is 0 Å². The second-order valence-corrected chi connectivity index (χ2v) is 6.77. The number of terminal acetylenes is 1. The molecule has 0 aromatic heterocycles. The van der Waals surface area contributed by atoms with Crippen molar-refractivity contribution in [1.82, 2.24) is 0 Å². The van der Waals surface area contributed by atoms with Crippen molar-refractivity contribution in [3.63, 3.8) is 0 Å². The van der Waals surface area contributed by atoms with Crippen LogP contribution in [0.3, 0.4) is 0 Å². The molecule has 0 aliphatic rings. The topological polar surface area (TPSA) is 63.7 Å². The normalized spacial score (nSPS) is 10.7. The molecular weight excluding hydrogens is 326 g/mol. The maximum atomic E-state index is 12.7. The van der Waals surface area contributed by atoms with E-state index in [9.17, 15) is 13.2 Å². The van der Waals surface area contributed by atoms with Gasteiger partial charge in [-0.15, -0.1) is 0 Å². The molecule has 0 radical (unpaired) electrons. The molecule has 0 heterocycles. The van der Waals surface area contributed by atoms with E-state index in [1.807, 2.05) is 6.92 Å². The fourth-order valence-electron chi connectivity index (χ4n) is 2.05. The number of sulfonamides is 1. The summed E-state index contributed by atoms with van der Waals surface area (Å²) in [5.74, 6) is -0.474. The highest BCUT2D eigenvalue weighted by molar-refractivity contribution is 7.93. The van der Waals surface area contributed by atoms with Crippen LogP contribution in [0.1, 0.15) is 22.8 Å². The third kappa shape index (κ3) is 3.58. The highest BCUT2D eigenvalue weighted by Gasteiger charge is 2.23. The van der Waals surface area contributed by atoms with E-state index in [0.29, 0.717) is 5.56 Å². The maximum Gasteiger partial charge on any atom is 0.338 e. The predicted octanol–water partition coefficient (Wildman–Crippen LogP) is 2.96. The van der Waals surface area contributed by atoms with Crippen LogP contribution in [0.15, 0.2) is 53.4 Å². The number of carbonyl (C=O) groups excluding carboxylic acids is 1. The van der Waals surface area contributed by atoms with Crippen LogP contribution in [-0.4, -0.2) is 21.0 Å². The Hall–Kier alpha value is -2.78. The van der Waals surface area contributed by atoms with Crippen molar-refractivity contribution in [1.29, 1.82) is 0 Å². The molecule has 2 aromatic rings. The summed E-state index contributed by atoms with van der Waals surface area (Å²) in [5, 5.41) is 0. The summed E-state index contributed by atoms with van der Waals surface area (Å²) in [6, 6.07) is 14.5. The molecule has 5 nitrogen and oxygen atoms in total. The Balaban J connectivity index is 2.36. The molecule has 2 rings (SSSR count). The van der Waals surface area contributed by atoms with Crippen molar-refractivity contribution in [2.45, 2.75) is 18.7 Å². The molecule has 0 bridgehead atoms. The molecule has 2 aromatic carbocycles. The minimum Gasteiger partial charge on any atom is -0.462 e. The summed E-state index contributed by atoms with van der Waals surface area (Å²) < 4.78 is 31.1. The Bertz CT molecular complexity index is 863. The van der Waals surface area contributed by atoms with Crippen molar-refractivity contribution in [2.75, 3.05) is 10.9 Å². The fourth-order valence-corrected chi connectivity index (χ4v) is 3.27. The van der Waals surface area contributed by atoms with E-state index in [1.165, 1.54) is 36.4 Å². The number of hydrogen-bond acceptors (Lipinski definition) is 4. The van der Waals surface area contributed by atoms with Gasteiger partial charge in [0.05, 0.1) is 22.8 Å². The lowest BCUT2D eigenvalue weighted by Gasteiger charge is -2.18. The van der Waals surface area contributed by atoms with Gasteiger partial charge in [0.2, 0.25) is 0 Å². The van der Waals surface area contributed by atoms with Gasteiger partial charge in [0.1, 0.15) is 0 Å². The molecule has 0 aliphatic heterocycles. The van der Waals surface area contributed by atoms with Crippen LogP contribution < -0.4 is 4.31 Å². The largest absolute Gasteiger partial charge is 0.462 e. The Kier molecular flexibility index (Phi) is 5.27. The number of hydrogen-bond donors (Lipinski definition) is 0. The van der Waals surface area contributed by atoms with Gasteiger partial charge in [0, 0.05) is 6.04 Å². The van der Waals surface area contributed by atoms with E-state index in [1.54, 1.807) is 19.1 Å². The lowest BCUT2D eigenvalue weighted by Crippen LogP contribution is -2.26. The lowest BCUT2D eigenvalue weighted by molar-refractivity contribution is 0.0526. The van der Waals surface area contributed by atoms with Crippen LogP contribution in [0, 0.1) is 19.4 Å². The standard InChI is InChI=1S/C18H17NO4S/c1-4-19(24(21,22)17-12-6-14(3)7-13-17)16-10-8-15(9-11-16)18(20)23-5-2/h1,6-13H,5H2,2-3H3. The Morgan fingerprint density at radius 1 is 1.12 bits per heavy atom. The van der Waals surface area contributed by atoms with Gasteiger partial charge in [-0.25, -0.2) is 13.2 Å². The van der Waals surface area contributed by atoms with E-state index in [4.69, 9.17) is 11.2 Å². The van der Waals surface area contributed by atoms with Crippen molar-refractivity contribution >= 4 is 21.7 Å². The average molecular weight is 343 g/mol. The first-order chi connectivity index (χ1) is 11.4. The fraction of sp³-hybridized carbons (Fsp3) is 0.167. The number of rotatable bonds is 5. The molecule has 0 spiro atoms. The number of benzene rings is 2. The summed E-state index contributed by atoms with van der Waals surface area (Å²) in [6.45, 7) is 3.84. The molecule has 0 atom stereocenters. The number of esters is 1. The van der Waals surface area contributed by atoms with Gasteiger partial charge in [-0.1, -0.05) is 24.1 Å². The van der Waals surface area contributed by atoms with E-state index in [0.717, 1.165) is 9.87 Å². The van der Waals surface area contributed by atoms with E-state index in [2.05, 4.69) is 6.04 Å². The van der Waals surface area contributed by atoms with Gasteiger partial charge in [-0.3, -0.25) is 0 Å². The molecule has 0 saturated carbocycles. The van der Waals surface area contributed by atoms with Gasteiger partial charge in [0.15, 0.2) is 0 Å². The molecular formula is C18H17NO4S. The molecule has 0 fully saturated rings. The summed E-state index contributed by atoms with van der Waals surface area (Å²) >= 11 is 0. The number of anilines is 1. The highest BCUT2D eigenvalue weighted by Crippen LogP contribution is 2.23. The zero-order valence-corrected chi connectivity index (χ0v) is 14.2. The first-order valence-electron chi connectivity index (χ1n) is 7.25. The second-order valence-electron chi connectivity index (χ2n) is 4.98. The molecule has 24 heavy (non-hydrogen) atoms. The van der Waals surface area contributed by atoms with Crippen LogP contribution in [0.4, 0.5) is 5.69 Å². The minimum absolute atomic E-state index is 0.0977. The predicted molar refractivity (Wildman–Crippen MR) is 92.1 cm³/mol. The number of carbonyl (C=O) groups is 1. The highest BCUT2D eigenvalue weighted by atomic mass is 32.2. The Morgan fingerprint density at radius 2 is 1.71 bits per heavy atom. The van der Waals surface area contributed by atoms with Gasteiger partial charge >= 0.3 is 5.97 Å². The van der Waals surface area contributed by atoms with Crippen LogP contribution in [0.25, 0.3) is 0 Å². The molecule has 0 amide bonds. The zero-order valence-electron chi connectivity index (χ0n) is 13.4. The van der Waals surface area contributed by atoms with Gasteiger partial charge in [0.25, 0.3) is 10.0 Å². The molecule has 124 valence electrons. The Morgan fingerprint density at radius 3 is 2.21 bits per heavy atom. The van der Waals surface area contributed by atoms with E-state index < -0.39 is 16.0 Å². The van der Waals surface area contributed by atoms with E-state index in [-0.39, 0.29) is 17.2 Å². The van der Waals surface area contributed by atoms with Crippen LogP contribution in [0.2, 0.25) is 0 Å². The van der Waals surface area contributed by atoms with Gasteiger partial charge in [-0.05, 0) is 50.2 Å². The molecule has 0 N–H and O–H groups in total. The van der Waals surface area contributed by atoms with E-state index >= 15 is 0 Å². The second kappa shape index (κ2) is 7.20. The van der Waals surface area contributed by atoms with Crippen molar-refractivity contribution < 1.29 is 17.9 Å². The van der Waals surface area contributed by atoms with Crippen molar-refractivity contribution in [3.05, 3.63) is 59.7 Å². The number of nitrogens with zero attached hydrogens (tertiary/aromatic N) is 1. The lowest BCUT2D eigenvalue weighted by atomic mass is 10.2. The van der Waals surface area contributed by atoms with Crippen LogP contribution in [0.5, 0.6) is 0 Å². The first kappa shape index (κ1) is 17.6. The summed E-state index contributed by atoms with van der Waals surface area (Å²) in [5.41, 5.74) is 1.54. The molecule has 0 aliphatic carbocycles. The molecule has 6 heteroatoms. The monoisotopic (exact) mass is 343 g/mol. The third-order valence-corrected chi connectivity index (χ3v) is 4.95. The summed E-state index contributed by atoms with van der Waals surface area (Å²) in [6.07, 6.45) is 5.41. The van der Waals surface area contributed by atoms with Crippen LogP contribution in [-0.2, 0) is 14.8 Å². The first-order valence-corrected chi connectivity index (χ1v) is 8.69. The minimum atomic E-state index is -3.88. The van der Waals surface area contributed by atoms with Gasteiger partial charge in [-0.2, -0.15) is 4.31 Å². The summed E-state index contributed by atoms with van der Waals surface area (Å²) in [7, 11) is -3.88.